The van der Waals surface area contributed by atoms with E-state index in [1.165, 1.54) is 11.1 Å². The molecule has 0 amide bonds. The molecule has 0 saturated heterocycles. The minimum absolute atomic E-state index is 0.869. The first-order chi connectivity index (χ1) is 6.72. The number of ether oxygens (including phenoxy) is 1. The number of fused-ring (bicyclic) bond motifs is 1. The minimum atomic E-state index is 0.869. The summed E-state index contributed by atoms with van der Waals surface area (Å²) in [6.45, 7) is 2.00. The molecule has 0 fully saturated rings. The minimum Gasteiger partial charge on any atom is -0.496 e. The van der Waals surface area contributed by atoms with Crippen LogP contribution >= 0.6 is 11.6 Å². The molecule has 1 aliphatic heterocycles. The van der Waals surface area contributed by atoms with Crippen molar-refractivity contribution >= 4 is 11.6 Å². The van der Waals surface area contributed by atoms with Gasteiger partial charge in [0.1, 0.15) is 5.75 Å². The quantitative estimate of drug-likeness (QED) is 0.707. The summed E-state index contributed by atoms with van der Waals surface area (Å²) in [4.78, 5) is 2.28. The van der Waals surface area contributed by atoms with Crippen molar-refractivity contribution in [2.24, 2.45) is 0 Å². The van der Waals surface area contributed by atoms with Crippen LogP contribution in [0.15, 0.2) is 12.1 Å². The lowest BCUT2D eigenvalue weighted by atomic mass is 9.99. The predicted molar refractivity (Wildman–Crippen MR) is 58.0 cm³/mol. The maximum Gasteiger partial charge on any atom is 0.123 e. The summed E-state index contributed by atoms with van der Waals surface area (Å²) in [5, 5.41) is 0.869. The van der Waals surface area contributed by atoms with E-state index < -0.39 is 0 Å². The second kappa shape index (κ2) is 3.79. The van der Waals surface area contributed by atoms with Crippen molar-refractivity contribution in [3.63, 3.8) is 0 Å². The number of nitrogens with zero attached hydrogens (tertiary/aromatic N) is 1. The molecule has 0 N–H and O–H groups in total. The van der Waals surface area contributed by atoms with Gasteiger partial charge in [0, 0.05) is 23.7 Å². The number of hydrogen-bond donors (Lipinski definition) is 0. The fraction of sp³-hybridized carbons (Fsp3) is 0.455. The number of rotatable bonds is 1. The first kappa shape index (κ1) is 9.81. The molecule has 2 nitrogen and oxygen atoms in total. The van der Waals surface area contributed by atoms with Gasteiger partial charge < -0.3 is 9.64 Å². The Hall–Kier alpha value is -0.730. The number of benzene rings is 1. The zero-order chi connectivity index (χ0) is 10.1. The van der Waals surface area contributed by atoms with Crippen LogP contribution in [0.4, 0.5) is 0 Å². The van der Waals surface area contributed by atoms with Crippen molar-refractivity contribution < 1.29 is 4.74 Å². The van der Waals surface area contributed by atoms with Crippen LogP contribution < -0.4 is 4.74 Å². The van der Waals surface area contributed by atoms with E-state index in [-0.39, 0.29) is 0 Å². The van der Waals surface area contributed by atoms with Gasteiger partial charge in [-0.1, -0.05) is 11.6 Å². The molecular formula is C11H14ClNO. The third-order valence-corrected chi connectivity index (χ3v) is 3.08. The number of halogens is 1. The van der Waals surface area contributed by atoms with Crippen molar-refractivity contribution in [1.29, 1.82) is 0 Å². The topological polar surface area (TPSA) is 12.5 Å². The average molecular weight is 212 g/mol. The SMILES string of the molecule is COc1ccc(Cl)c2c1CN(C)CC2. The van der Waals surface area contributed by atoms with E-state index in [1.54, 1.807) is 7.11 Å². The van der Waals surface area contributed by atoms with Crippen molar-refractivity contribution in [3.8, 4) is 5.75 Å². The fourth-order valence-corrected chi connectivity index (χ4v) is 2.20. The highest BCUT2D eigenvalue weighted by molar-refractivity contribution is 6.31. The second-order valence-corrected chi connectivity index (χ2v) is 4.10. The molecule has 1 heterocycles. The van der Waals surface area contributed by atoms with Gasteiger partial charge >= 0.3 is 0 Å². The van der Waals surface area contributed by atoms with Crippen molar-refractivity contribution in [3.05, 3.63) is 28.3 Å². The summed E-state index contributed by atoms with van der Waals surface area (Å²) in [6, 6.07) is 3.87. The Balaban J connectivity index is 2.49. The fourth-order valence-electron chi connectivity index (χ4n) is 1.93. The maximum atomic E-state index is 6.14. The van der Waals surface area contributed by atoms with E-state index in [2.05, 4.69) is 11.9 Å². The van der Waals surface area contributed by atoms with Gasteiger partial charge in [-0.3, -0.25) is 0 Å². The van der Waals surface area contributed by atoms with Crippen LogP contribution in [0.3, 0.4) is 0 Å². The Morgan fingerprint density at radius 1 is 1.36 bits per heavy atom. The lowest BCUT2D eigenvalue weighted by Gasteiger charge is -2.27. The van der Waals surface area contributed by atoms with Crippen LogP contribution in [-0.4, -0.2) is 25.6 Å². The standard InChI is InChI=1S/C11H14ClNO/c1-13-6-5-8-9(7-13)11(14-2)4-3-10(8)12/h3-4H,5-7H2,1-2H3. The number of hydrogen-bond acceptors (Lipinski definition) is 2. The Morgan fingerprint density at radius 2 is 2.14 bits per heavy atom. The second-order valence-electron chi connectivity index (χ2n) is 3.69. The molecule has 0 aliphatic carbocycles. The normalized spacial score (nSPS) is 16.5. The molecule has 76 valence electrons. The van der Waals surface area contributed by atoms with E-state index in [0.29, 0.717) is 0 Å². The first-order valence-electron chi connectivity index (χ1n) is 4.75. The van der Waals surface area contributed by atoms with Gasteiger partial charge in [0.25, 0.3) is 0 Å². The van der Waals surface area contributed by atoms with Gasteiger partial charge in [-0.25, -0.2) is 0 Å². The lowest BCUT2D eigenvalue weighted by molar-refractivity contribution is 0.302. The van der Waals surface area contributed by atoms with Gasteiger partial charge in [-0.05, 0) is 31.2 Å². The predicted octanol–water partition coefficient (Wildman–Crippen LogP) is 2.34. The van der Waals surface area contributed by atoms with Gasteiger partial charge in [0.2, 0.25) is 0 Å². The van der Waals surface area contributed by atoms with Gasteiger partial charge in [0.15, 0.2) is 0 Å². The number of methoxy groups -OCH3 is 1. The molecule has 0 aromatic heterocycles. The monoisotopic (exact) mass is 211 g/mol. The average Bonchev–Trinajstić information content (AvgIpc) is 2.18. The van der Waals surface area contributed by atoms with Crippen LogP contribution in [-0.2, 0) is 13.0 Å². The van der Waals surface area contributed by atoms with E-state index in [4.69, 9.17) is 16.3 Å². The summed E-state index contributed by atoms with van der Waals surface area (Å²) in [7, 11) is 3.82. The van der Waals surface area contributed by atoms with Crippen LogP contribution in [0, 0.1) is 0 Å². The smallest absolute Gasteiger partial charge is 0.123 e. The Kier molecular flexibility index (Phi) is 2.66. The van der Waals surface area contributed by atoms with Crippen LogP contribution in [0.25, 0.3) is 0 Å². The van der Waals surface area contributed by atoms with Crippen molar-refractivity contribution in [2.75, 3.05) is 20.7 Å². The summed E-state index contributed by atoms with van der Waals surface area (Å²) in [5.41, 5.74) is 2.50. The summed E-state index contributed by atoms with van der Waals surface area (Å²) < 4.78 is 5.33. The van der Waals surface area contributed by atoms with Gasteiger partial charge in [0.05, 0.1) is 7.11 Å². The largest absolute Gasteiger partial charge is 0.496 e. The summed E-state index contributed by atoms with van der Waals surface area (Å²) >= 11 is 6.14. The van der Waals surface area contributed by atoms with Crippen LogP contribution in [0.2, 0.25) is 5.02 Å². The third-order valence-electron chi connectivity index (χ3n) is 2.72. The first-order valence-corrected chi connectivity index (χ1v) is 5.13. The Morgan fingerprint density at radius 3 is 2.86 bits per heavy atom. The highest BCUT2D eigenvalue weighted by atomic mass is 35.5. The lowest BCUT2D eigenvalue weighted by Crippen LogP contribution is -2.27. The van der Waals surface area contributed by atoms with Crippen LogP contribution in [0.5, 0.6) is 5.75 Å². The van der Waals surface area contributed by atoms with Crippen molar-refractivity contribution in [1.82, 2.24) is 4.90 Å². The maximum absolute atomic E-state index is 6.14. The molecule has 0 saturated carbocycles. The molecule has 1 aromatic rings. The molecule has 0 atom stereocenters. The highest BCUT2D eigenvalue weighted by Gasteiger charge is 2.19. The summed E-state index contributed by atoms with van der Waals surface area (Å²) in [5.74, 6) is 0.955. The van der Waals surface area contributed by atoms with E-state index in [1.807, 2.05) is 12.1 Å². The molecule has 2 rings (SSSR count). The molecule has 0 radical (unpaired) electrons. The van der Waals surface area contributed by atoms with Crippen LogP contribution in [0.1, 0.15) is 11.1 Å². The highest BCUT2D eigenvalue weighted by Crippen LogP contribution is 2.32. The Bertz CT molecular complexity index is 351. The Labute approximate surface area is 89.4 Å². The molecule has 0 bridgehead atoms. The van der Waals surface area contributed by atoms with E-state index in [9.17, 15) is 0 Å². The van der Waals surface area contributed by atoms with Crippen molar-refractivity contribution in [2.45, 2.75) is 13.0 Å². The molecule has 0 unspecified atom stereocenters. The molecule has 1 aromatic carbocycles. The molecule has 14 heavy (non-hydrogen) atoms. The van der Waals surface area contributed by atoms with Gasteiger partial charge in [-0.15, -0.1) is 0 Å². The van der Waals surface area contributed by atoms with E-state index >= 15 is 0 Å². The zero-order valence-electron chi connectivity index (χ0n) is 8.51. The zero-order valence-corrected chi connectivity index (χ0v) is 9.27. The summed E-state index contributed by atoms with van der Waals surface area (Å²) in [6.07, 6.45) is 1.02. The van der Waals surface area contributed by atoms with Gasteiger partial charge in [-0.2, -0.15) is 0 Å². The molecule has 1 aliphatic rings. The molecule has 0 spiro atoms. The third kappa shape index (κ3) is 1.60. The number of likely N-dealkylation sites (N-methyl/N-ethyl adjacent to an activating group) is 1. The molecular weight excluding hydrogens is 198 g/mol. The molecule has 3 heteroatoms. The van der Waals surface area contributed by atoms with E-state index in [0.717, 1.165) is 30.3 Å².